The second-order valence-corrected chi connectivity index (χ2v) is 21.3. The van der Waals surface area contributed by atoms with Crippen LogP contribution < -0.4 is 10.1 Å². The first kappa shape index (κ1) is 40.0. The number of hydrogen-bond donors (Lipinski definition) is 0. The summed E-state index contributed by atoms with van der Waals surface area (Å²) in [5, 5.41) is 8.91. The van der Waals surface area contributed by atoms with Crippen molar-refractivity contribution in [2.75, 3.05) is 4.90 Å². The van der Waals surface area contributed by atoms with Crippen molar-refractivity contribution in [3.63, 3.8) is 0 Å². The van der Waals surface area contributed by atoms with Crippen LogP contribution in [0.25, 0.3) is 49.6 Å². The van der Waals surface area contributed by atoms with Crippen molar-refractivity contribution in [3.8, 4) is 22.4 Å². The van der Waals surface area contributed by atoms with Crippen LogP contribution in [0.1, 0.15) is 62.4 Å². The second kappa shape index (κ2) is 16.7. The average Bonchev–Trinajstić information content (AvgIpc) is 3.79. The zero-order valence-electron chi connectivity index (χ0n) is 33.7. The predicted octanol–water partition coefficient (Wildman–Crippen LogP) is 14.2. The molecule has 6 heteroatoms. The van der Waals surface area contributed by atoms with Crippen LogP contribution in [0.15, 0.2) is 150 Å². The van der Waals surface area contributed by atoms with Crippen LogP contribution in [0.3, 0.4) is 0 Å². The van der Waals surface area contributed by atoms with Gasteiger partial charge in [0, 0.05) is 28.5 Å². The fourth-order valence-electron chi connectivity index (χ4n) is 7.57. The molecule has 0 radical (unpaired) electrons. The molecule has 0 N–H and O–H groups in total. The van der Waals surface area contributed by atoms with Gasteiger partial charge in [0.15, 0.2) is 0 Å². The van der Waals surface area contributed by atoms with E-state index in [-0.39, 0.29) is 26.3 Å². The van der Waals surface area contributed by atoms with Gasteiger partial charge in [0.1, 0.15) is 5.58 Å². The van der Waals surface area contributed by atoms with Gasteiger partial charge in [-0.05, 0) is 75.4 Å². The SMILES string of the molecule is CC(C)c1cc(-c2ccccc2)cc(C(C)C)c1N1c2ccccc2[N-]C1c1[c-]cc2oc3ccccc3c2c1.C[Si](C)(C)c1ccc(-c2[c-]cccc2)nc1.[Ir+3]. The number of benzene rings is 6. The Morgan fingerprint density at radius 1 is 0.684 bits per heavy atom. The molecule has 0 aliphatic carbocycles. The quantitative estimate of drug-likeness (QED) is 0.118. The van der Waals surface area contributed by atoms with E-state index < -0.39 is 8.07 Å². The van der Waals surface area contributed by atoms with E-state index in [0.717, 1.165) is 50.1 Å². The number of pyridine rings is 1. The maximum Gasteiger partial charge on any atom is 3.00 e. The Morgan fingerprint density at radius 3 is 2.04 bits per heavy atom. The summed E-state index contributed by atoms with van der Waals surface area (Å²) in [4.78, 5) is 6.97. The van der Waals surface area contributed by atoms with Crippen LogP contribution in [0, 0.1) is 12.1 Å². The Morgan fingerprint density at radius 2 is 1.37 bits per heavy atom. The fraction of sp³-hybridized carbons (Fsp3) is 0.196. The Kier molecular flexibility index (Phi) is 11.7. The Balaban J connectivity index is 0.000000246. The summed E-state index contributed by atoms with van der Waals surface area (Å²) in [6.07, 6.45) is 1.79. The van der Waals surface area contributed by atoms with Gasteiger partial charge in [-0.3, -0.25) is 0 Å². The predicted molar refractivity (Wildman–Crippen MR) is 238 cm³/mol. The molecule has 0 bridgehead atoms. The van der Waals surface area contributed by atoms with Gasteiger partial charge >= 0.3 is 20.1 Å². The summed E-state index contributed by atoms with van der Waals surface area (Å²) in [5.74, 6) is 0.655. The molecule has 0 fully saturated rings. The van der Waals surface area contributed by atoms with Crippen molar-refractivity contribution in [2.24, 2.45) is 0 Å². The summed E-state index contributed by atoms with van der Waals surface area (Å²) in [7, 11) is -1.23. The van der Waals surface area contributed by atoms with Crippen molar-refractivity contribution in [1.29, 1.82) is 0 Å². The van der Waals surface area contributed by atoms with E-state index in [1.54, 1.807) is 0 Å². The number of rotatable bonds is 7. The Labute approximate surface area is 352 Å². The monoisotopic (exact) mass is 939 g/mol. The molecule has 2 aromatic heterocycles. The molecule has 1 aliphatic rings. The zero-order chi connectivity index (χ0) is 39.0. The molecule has 3 heterocycles. The topological polar surface area (TPSA) is 43.4 Å². The number of hydrogen-bond acceptors (Lipinski definition) is 3. The first-order valence-electron chi connectivity index (χ1n) is 19.7. The van der Waals surface area contributed by atoms with Gasteiger partial charge in [0.25, 0.3) is 0 Å². The summed E-state index contributed by atoms with van der Waals surface area (Å²) in [6, 6.07) is 55.4. The molecular formula is C51H48IrN3OSi. The summed E-state index contributed by atoms with van der Waals surface area (Å²) < 4.78 is 6.12. The molecule has 1 atom stereocenters. The third-order valence-corrected chi connectivity index (χ3v) is 12.7. The summed E-state index contributed by atoms with van der Waals surface area (Å²) in [5.41, 5.74) is 13.4. The van der Waals surface area contributed by atoms with Crippen molar-refractivity contribution < 1.29 is 24.5 Å². The van der Waals surface area contributed by atoms with Crippen molar-refractivity contribution in [2.45, 2.75) is 65.3 Å². The molecule has 8 aromatic rings. The summed E-state index contributed by atoms with van der Waals surface area (Å²) >= 11 is 0. The van der Waals surface area contributed by atoms with E-state index in [9.17, 15) is 0 Å². The molecule has 6 aromatic carbocycles. The minimum atomic E-state index is -1.23. The largest absolute Gasteiger partial charge is 3.00 e. The Bertz CT molecular complexity index is 2580. The van der Waals surface area contributed by atoms with Gasteiger partial charge in [0.2, 0.25) is 0 Å². The van der Waals surface area contributed by atoms with Crippen LogP contribution >= 0.6 is 0 Å². The molecule has 1 unspecified atom stereocenters. The Hall–Kier alpha value is -5.26. The van der Waals surface area contributed by atoms with Crippen molar-refractivity contribution in [1.82, 2.24) is 4.98 Å². The van der Waals surface area contributed by atoms with E-state index in [4.69, 9.17) is 9.73 Å². The average molecular weight is 939 g/mol. The third kappa shape index (κ3) is 8.13. The molecule has 57 heavy (non-hydrogen) atoms. The van der Waals surface area contributed by atoms with E-state index >= 15 is 0 Å². The minimum absolute atomic E-state index is 0. The van der Waals surface area contributed by atoms with Gasteiger partial charge in [-0.1, -0.05) is 132 Å². The van der Waals surface area contributed by atoms with Gasteiger partial charge in [-0.15, -0.1) is 47.6 Å². The van der Waals surface area contributed by atoms with E-state index in [1.807, 2.05) is 48.7 Å². The van der Waals surface area contributed by atoms with Crippen LogP contribution in [-0.4, -0.2) is 13.1 Å². The van der Waals surface area contributed by atoms with Gasteiger partial charge in [0.05, 0.1) is 8.07 Å². The standard InChI is InChI=1S/C37H32N2O.C14H16NSi.Ir/c1-23(2)29-21-27(25-12-6-5-7-13-25)22-30(24(3)4)36(29)39-33-16-10-9-15-32(33)38-37(39)26-18-19-35-31(20-26)28-14-8-11-17-34(28)40-35;1-16(2,3)13-9-10-14(15-11-13)12-7-5-4-6-8-12;/h5-17,19-24,37H,1-4H3;4-7,9-11H,1-3H3;/q-2;-1;+3. The maximum atomic E-state index is 6.12. The minimum Gasteiger partial charge on any atom is -0.661 e. The smallest absolute Gasteiger partial charge is 0.661 e. The molecule has 0 saturated carbocycles. The molecule has 1 aliphatic heterocycles. The molecule has 0 saturated heterocycles. The van der Waals surface area contributed by atoms with E-state index in [0.29, 0.717) is 11.8 Å². The van der Waals surface area contributed by atoms with Crippen molar-refractivity contribution in [3.05, 3.63) is 180 Å². The number of nitrogens with zero attached hydrogens (tertiary/aromatic N) is 3. The van der Waals surface area contributed by atoms with Crippen LogP contribution in [0.4, 0.5) is 17.1 Å². The molecule has 9 rings (SSSR count). The van der Waals surface area contributed by atoms with Gasteiger partial charge in [-0.25, -0.2) is 0 Å². The van der Waals surface area contributed by atoms with Gasteiger partial charge in [-0.2, -0.15) is 17.7 Å². The van der Waals surface area contributed by atoms with E-state index in [2.05, 4.69) is 166 Å². The second-order valence-electron chi connectivity index (χ2n) is 16.3. The molecular weight excluding hydrogens is 891 g/mol. The first-order valence-corrected chi connectivity index (χ1v) is 23.2. The third-order valence-electron chi connectivity index (χ3n) is 10.6. The van der Waals surface area contributed by atoms with Crippen LogP contribution in [0.5, 0.6) is 0 Å². The maximum absolute atomic E-state index is 6.12. The summed E-state index contributed by atoms with van der Waals surface area (Å²) in [6.45, 7) is 16.2. The normalized spacial score (nSPS) is 13.6. The first-order chi connectivity index (χ1) is 27.1. The number of fused-ring (bicyclic) bond motifs is 4. The van der Waals surface area contributed by atoms with E-state index in [1.165, 1.54) is 33.1 Å². The fourth-order valence-corrected chi connectivity index (χ4v) is 8.61. The number of para-hydroxylation sites is 3. The van der Waals surface area contributed by atoms with Gasteiger partial charge < -0.3 is 19.6 Å². The number of aromatic nitrogens is 1. The van der Waals surface area contributed by atoms with Crippen molar-refractivity contribution >= 4 is 52.3 Å². The molecule has 0 amide bonds. The molecule has 286 valence electrons. The number of furan rings is 1. The molecule has 0 spiro atoms. The number of anilines is 2. The van der Waals surface area contributed by atoms with Crippen LogP contribution in [-0.2, 0) is 20.1 Å². The zero-order valence-corrected chi connectivity index (χ0v) is 37.1. The van der Waals surface area contributed by atoms with Crippen LogP contribution in [0.2, 0.25) is 19.6 Å². The molecule has 4 nitrogen and oxygen atoms in total.